The molecule has 3 heteroatoms. The lowest BCUT2D eigenvalue weighted by Crippen LogP contribution is -2.20. The molecule has 0 amide bonds. The number of rotatable bonds is 3. The van der Waals surface area contributed by atoms with Gasteiger partial charge in [0.05, 0.1) is 6.61 Å². The van der Waals surface area contributed by atoms with Gasteiger partial charge in [0.2, 0.25) is 0 Å². The van der Waals surface area contributed by atoms with Gasteiger partial charge in [-0.25, -0.2) is 0 Å². The molecule has 1 fully saturated rings. The maximum absolute atomic E-state index is 5.58. The van der Waals surface area contributed by atoms with E-state index < -0.39 is 5.79 Å². The van der Waals surface area contributed by atoms with Gasteiger partial charge in [-0.3, -0.25) is 0 Å². The summed E-state index contributed by atoms with van der Waals surface area (Å²) in [7, 11) is 0. The Morgan fingerprint density at radius 1 is 1.69 bits per heavy atom. The zero-order valence-electron chi connectivity index (χ0n) is 8.05. The van der Waals surface area contributed by atoms with Crippen molar-refractivity contribution in [3.05, 3.63) is 24.3 Å². The van der Waals surface area contributed by atoms with Crippen molar-refractivity contribution in [2.45, 2.75) is 25.7 Å². The standard InChI is InChI=1S/C10H15BrO2/c1-8(6-11)4-5-9-7-12-10(2,3)13-9/h4-5,9H,1,6-7H2,2-3H3/b5-4-/t9-/m0/s1. The number of ether oxygens (including phenoxy) is 2. The van der Waals surface area contributed by atoms with Crippen LogP contribution in [0.25, 0.3) is 0 Å². The second kappa shape index (κ2) is 4.40. The van der Waals surface area contributed by atoms with E-state index in [0.29, 0.717) is 6.61 Å². The fourth-order valence-corrected chi connectivity index (χ4v) is 1.29. The third-order valence-corrected chi connectivity index (χ3v) is 2.47. The number of hydrogen-bond acceptors (Lipinski definition) is 2. The summed E-state index contributed by atoms with van der Waals surface area (Å²) in [6.07, 6.45) is 4.01. The van der Waals surface area contributed by atoms with E-state index in [1.165, 1.54) is 0 Å². The molecule has 0 aliphatic carbocycles. The molecule has 0 spiro atoms. The van der Waals surface area contributed by atoms with Gasteiger partial charge in [-0.2, -0.15) is 0 Å². The second-order valence-corrected chi connectivity index (χ2v) is 4.08. The average molecular weight is 247 g/mol. The first-order valence-corrected chi connectivity index (χ1v) is 5.39. The van der Waals surface area contributed by atoms with Crippen molar-refractivity contribution in [1.29, 1.82) is 0 Å². The molecule has 0 aromatic heterocycles. The van der Waals surface area contributed by atoms with Crippen molar-refractivity contribution in [3.8, 4) is 0 Å². The Hall–Kier alpha value is -0.120. The Labute approximate surface area is 87.7 Å². The smallest absolute Gasteiger partial charge is 0.163 e. The van der Waals surface area contributed by atoms with Crippen molar-refractivity contribution in [3.63, 3.8) is 0 Å². The molecule has 0 saturated carbocycles. The lowest BCUT2D eigenvalue weighted by atomic mass is 10.2. The van der Waals surface area contributed by atoms with Gasteiger partial charge < -0.3 is 9.47 Å². The fraction of sp³-hybridized carbons (Fsp3) is 0.600. The summed E-state index contributed by atoms with van der Waals surface area (Å²) in [5.41, 5.74) is 1.04. The lowest BCUT2D eigenvalue weighted by molar-refractivity contribution is -0.133. The van der Waals surface area contributed by atoms with E-state index in [4.69, 9.17) is 9.47 Å². The first-order chi connectivity index (χ1) is 6.03. The van der Waals surface area contributed by atoms with Crippen LogP contribution < -0.4 is 0 Å². The zero-order valence-corrected chi connectivity index (χ0v) is 9.63. The summed E-state index contributed by atoms with van der Waals surface area (Å²) in [6.45, 7) is 8.30. The fourth-order valence-electron chi connectivity index (χ4n) is 1.10. The van der Waals surface area contributed by atoms with E-state index in [9.17, 15) is 0 Å². The molecular formula is C10H15BrO2. The highest BCUT2D eigenvalue weighted by Gasteiger charge is 2.30. The van der Waals surface area contributed by atoms with Crippen LogP contribution in [0.15, 0.2) is 24.3 Å². The van der Waals surface area contributed by atoms with Gasteiger partial charge >= 0.3 is 0 Å². The molecule has 0 bridgehead atoms. The summed E-state index contributed by atoms with van der Waals surface area (Å²) in [4.78, 5) is 0. The quantitative estimate of drug-likeness (QED) is 0.563. The largest absolute Gasteiger partial charge is 0.347 e. The molecular weight excluding hydrogens is 232 g/mol. The first-order valence-electron chi connectivity index (χ1n) is 4.27. The van der Waals surface area contributed by atoms with Gasteiger partial charge in [-0.1, -0.05) is 34.7 Å². The van der Waals surface area contributed by atoms with Crippen LogP contribution in [0.4, 0.5) is 0 Å². The van der Waals surface area contributed by atoms with Crippen molar-refractivity contribution in [2.24, 2.45) is 0 Å². The Balaban J connectivity index is 2.40. The monoisotopic (exact) mass is 246 g/mol. The Kier molecular flexibility index (Phi) is 3.71. The molecule has 0 aromatic rings. The van der Waals surface area contributed by atoms with Crippen molar-refractivity contribution < 1.29 is 9.47 Å². The van der Waals surface area contributed by atoms with E-state index in [-0.39, 0.29) is 6.10 Å². The molecule has 0 aromatic carbocycles. The number of allylic oxidation sites excluding steroid dienone is 2. The molecule has 13 heavy (non-hydrogen) atoms. The molecule has 1 aliphatic heterocycles. The van der Waals surface area contributed by atoms with E-state index in [1.807, 2.05) is 26.0 Å². The van der Waals surface area contributed by atoms with Gasteiger partial charge in [0.15, 0.2) is 5.79 Å². The van der Waals surface area contributed by atoms with Gasteiger partial charge in [0, 0.05) is 5.33 Å². The van der Waals surface area contributed by atoms with Crippen LogP contribution in [0.5, 0.6) is 0 Å². The SMILES string of the molecule is C=C(/C=C\[C@H]1COC(C)(C)O1)CBr. The minimum atomic E-state index is -0.440. The molecule has 2 nitrogen and oxygen atoms in total. The molecule has 1 atom stereocenters. The van der Waals surface area contributed by atoms with Crippen LogP contribution in [0.1, 0.15) is 13.8 Å². The van der Waals surface area contributed by atoms with Crippen molar-refractivity contribution in [2.75, 3.05) is 11.9 Å². The van der Waals surface area contributed by atoms with Gasteiger partial charge in [-0.15, -0.1) is 0 Å². The molecule has 1 aliphatic rings. The minimum absolute atomic E-state index is 0.0609. The van der Waals surface area contributed by atoms with Crippen LogP contribution in [0.3, 0.4) is 0 Å². The molecule has 1 rings (SSSR count). The molecule has 0 N–H and O–H groups in total. The van der Waals surface area contributed by atoms with Crippen LogP contribution >= 0.6 is 15.9 Å². The topological polar surface area (TPSA) is 18.5 Å². The summed E-state index contributed by atoms with van der Waals surface area (Å²) in [5, 5.41) is 0.792. The highest BCUT2D eigenvalue weighted by Crippen LogP contribution is 2.23. The molecule has 1 saturated heterocycles. The summed E-state index contributed by atoms with van der Waals surface area (Å²) in [6, 6.07) is 0. The third kappa shape index (κ3) is 3.63. The summed E-state index contributed by atoms with van der Waals surface area (Å²) >= 11 is 3.32. The second-order valence-electron chi connectivity index (χ2n) is 3.52. The average Bonchev–Trinajstić information content (AvgIpc) is 2.41. The van der Waals surface area contributed by atoms with Gasteiger partial charge in [0.25, 0.3) is 0 Å². The number of alkyl halides is 1. The van der Waals surface area contributed by atoms with Crippen molar-refractivity contribution in [1.82, 2.24) is 0 Å². The molecule has 1 heterocycles. The molecule has 0 unspecified atom stereocenters. The zero-order chi connectivity index (χ0) is 9.90. The highest BCUT2D eigenvalue weighted by molar-refractivity contribution is 9.09. The molecule has 0 radical (unpaired) electrons. The number of halogens is 1. The maximum Gasteiger partial charge on any atom is 0.163 e. The minimum Gasteiger partial charge on any atom is -0.347 e. The normalized spacial score (nSPS) is 26.8. The van der Waals surface area contributed by atoms with Crippen LogP contribution in [-0.2, 0) is 9.47 Å². The summed E-state index contributed by atoms with van der Waals surface area (Å²) in [5.74, 6) is -0.440. The number of hydrogen-bond donors (Lipinski definition) is 0. The third-order valence-electron chi connectivity index (χ3n) is 1.75. The van der Waals surface area contributed by atoms with Gasteiger partial charge in [0.1, 0.15) is 6.10 Å². The lowest BCUT2D eigenvalue weighted by Gasteiger charge is -2.15. The van der Waals surface area contributed by atoms with E-state index in [0.717, 1.165) is 10.9 Å². The predicted octanol–water partition coefficient (Wildman–Crippen LogP) is 2.65. The summed E-state index contributed by atoms with van der Waals surface area (Å²) < 4.78 is 11.0. The van der Waals surface area contributed by atoms with Crippen LogP contribution in [0, 0.1) is 0 Å². The van der Waals surface area contributed by atoms with Crippen LogP contribution in [-0.4, -0.2) is 23.8 Å². The Morgan fingerprint density at radius 3 is 2.85 bits per heavy atom. The van der Waals surface area contributed by atoms with E-state index in [1.54, 1.807) is 0 Å². The highest BCUT2D eigenvalue weighted by atomic mass is 79.9. The van der Waals surface area contributed by atoms with Gasteiger partial charge in [-0.05, 0) is 19.4 Å². The predicted molar refractivity (Wildman–Crippen MR) is 57.0 cm³/mol. The Morgan fingerprint density at radius 2 is 2.38 bits per heavy atom. The Bertz CT molecular complexity index is 221. The molecule has 74 valence electrons. The van der Waals surface area contributed by atoms with Crippen LogP contribution in [0.2, 0.25) is 0 Å². The maximum atomic E-state index is 5.58. The van der Waals surface area contributed by atoms with E-state index >= 15 is 0 Å². The first kappa shape index (κ1) is 11.0. The van der Waals surface area contributed by atoms with E-state index in [2.05, 4.69) is 22.5 Å². The van der Waals surface area contributed by atoms with Crippen molar-refractivity contribution >= 4 is 15.9 Å².